The summed E-state index contributed by atoms with van der Waals surface area (Å²) < 4.78 is 25.0. The van der Waals surface area contributed by atoms with Gasteiger partial charge in [0.2, 0.25) is 0 Å². The molecule has 0 amide bonds. The van der Waals surface area contributed by atoms with Crippen LogP contribution in [0.15, 0.2) is 0 Å². The Hall–Kier alpha value is 1.29. The quantitative estimate of drug-likeness (QED) is 0.387. The van der Waals surface area contributed by atoms with E-state index in [1.807, 2.05) is 0 Å². The average Bonchev–Trinajstić information content (AvgIpc) is 2.08. The predicted molar refractivity (Wildman–Crippen MR) is 100 cm³/mol. The van der Waals surface area contributed by atoms with E-state index in [1.54, 1.807) is 0 Å². The largest absolute Gasteiger partial charge is 0.437 e. The van der Waals surface area contributed by atoms with Crippen molar-refractivity contribution in [2.24, 2.45) is 0 Å². The smallest absolute Gasteiger partial charge is 0.342 e. The third kappa shape index (κ3) is 13.7. The molecule has 1 atom stereocenters. The zero-order valence-corrected chi connectivity index (χ0v) is 21.6. The Balaban J connectivity index is 0. The first-order valence-corrected chi connectivity index (χ1v) is 20.0. The molecule has 0 aromatic rings. The van der Waals surface area contributed by atoms with Crippen LogP contribution in [-0.4, -0.2) is 46.6 Å². The molecule has 0 spiro atoms. The van der Waals surface area contributed by atoms with E-state index < -0.39 is 33.8 Å². The van der Waals surface area contributed by atoms with Gasteiger partial charge in [-0.15, -0.1) is 0 Å². The molecule has 1 unspecified atom stereocenters. The van der Waals surface area contributed by atoms with Gasteiger partial charge in [0, 0.05) is 25.2 Å². The van der Waals surface area contributed by atoms with E-state index in [2.05, 4.69) is 65.8 Å². The van der Waals surface area contributed by atoms with Gasteiger partial charge in [0.15, 0.2) is 16.6 Å². The Labute approximate surface area is 154 Å². The Morgan fingerprint density at radius 1 is 0.682 bits per heavy atom. The molecule has 4 nitrogen and oxygen atoms in total. The molecular weight excluding hydrogens is 383 g/mol. The van der Waals surface area contributed by atoms with E-state index in [1.165, 1.54) is 0 Å². The van der Waals surface area contributed by atoms with Gasteiger partial charge in [-0.05, 0) is 65.3 Å². The summed E-state index contributed by atoms with van der Waals surface area (Å²) in [6.07, 6.45) is 1.61. The fraction of sp³-hybridized carbons (Fsp3) is 1.00. The molecule has 0 rings (SSSR count). The van der Waals surface area contributed by atoms with Crippen molar-refractivity contribution in [2.75, 3.05) is 12.8 Å². The average molecular weight is 420 g/mol. The van der Waals surface area contributed by atoms with Gasteiger partial charge in [-0.1, -0.05) is 6.92 Å². The summed E-state index contributed by atoms with van der Waals surface area (Å²) in [6, 6.07) is 0. The first-order valence-electron chi connectivity index (χ1n) is 7.86. The Morgan fingerprint density at radius 2 is 1.14 bits per heavy atom. The van der Waals surface area contributed by atoms with Gasteiger partial charge in [0.25, 0.3) is 0 Å². The Kier molecular flexibility index (Phi) is 11.2. The zero-order valence-electron chi connectivity index (χ0n) is 16.2. The standard InChI is InChI=1S/C13H36O4Si4.V/c1-11-12-14-13-21(10,16-19(5,6)7)17-20(8,9)15-18(2,3)4;/h11-13H2,1-10H3;. The fourth-order valence-corrected chi connectivity index (χ4v) is 19.7. The third-order valence-electron chi connectivity index (χ3n) is 2.25. The number of rotatable bonds is 10. The van der Waals surface area contributed by atoms with Gasteiger partial charge in [0.1, 0.15) is 0 Å². The van der Waals surface area contributed by atoms with Crippen molar-refractivity contribution in [2.45, 2.75) is 72.3 Å². The van der Waals surface area contributed by atoms with Crippen molar-refractivity contribution < 1.29 is 35.6 Å². The van der Waals surface area contributed by atoms with Crippen LogP contribution >= 0.6 is 0 Å². The normalized spacial score (nSPS) is 16.1. The van der Waals surface area contributed by atoms with Crippen LogP contribution in [0.1, 0.15) is 13.3 Å². The second-order valence-electron chi connectivity index (χ2n) is 8.12. The SMILES string of the molecule is CCCOC[Si](C)(O[Si](C)(C)C)O[Si](C)(C)O[Si](C)(C)C.[V]. The summed E-state index contributed by atoms with van der Waals surface area (Å²) in [5.74, 6) is 0. The summed E-state index contributed by atoms with van der Waals surface area (Å²) in [4.78, 5) is 0. The minimum Gasteiger partial charge on any atom is -0.437 e. The van der Waals surface area contributed by atoms with Gasteiger partial charge in [-0.25, -0.2) is 0 Å². The molecule has 133 valence electrons. The fourth-order valence-electron chi connectivity index (χ4n) is 2.41. The summed E-state index contributed by atoms with van der Waals surface area (Å²) >= 11 is 0. The van der Waals surface area contributed by atoms with Gasteiger partial charge >= 0.3 is 17.1 Å². The van der Waals surface area contributed by atoms with Crippen molar-refractivity contribution in [1.29, 1.82) is 0 Å². The summed E-state index contributed by atoms with van der Waals surface area (Å²) in [7, 11) is -7.84. The second kappa shape index (κ2) is 9.69. The van der Waals surface area contributed by atoms with E-state index in [0.29, 0.717) is 6.23 Å². The molecule has 0 fully saturated rings. The molecule has 0 heterocycles. The van der Waals surface area contributed by atoms with Gasteiger partial charge in [-0.3, -0.25) is 0 Å². The number of ether oxygens (including phenoxy) is 1. The molecule has 0 bridgehead atoms. The van der Waals surface area contributed by atoms with Crippen molar-refractivity contribution >= 4 is 33.8 Å². The molecule has 0 aliphatic carbocycles. The third-order valence-corrected chi connectivity index (χ3v) is 15.3. The van der Waals surface area contributed by atoms with E-state index in [4.69, 9.17) is 17.1 Å². The van der Waals surface area contributed by atoms with Crippen LogP contribution in [-0.2, 0) is 35.6 Å². The number of hydrogen-bond acceptors (Lipinski definition) is 4. The van der Waals surface area contributed by atoms with Crippen molar-refractivity contribution in [3.05, 3.63) is 0 Å². The van der Waals surface area contributed by atoms with Crippen molar-refractivity contribution in [1.82, 2.24) is 0 Å². The van der Waals surface area contributed by atoms with Crippen molar-refractivity contribution in [3.8, 4) is 0 Å². The van der Waals surface area contributed by atoms with Crippen LogP contribution in [0.25, 0.3) is 0 Å². The maximum absolute atomic E-state index is 6.50. The molecule has 0 N–H and O–H groups in total. The molecular formula is C13H36O4Si4V. The van der Waals surface area contributed by atoms with Crippen LogP contribution in [0, 0.1) is 0 Å². The van der Waals surface area contributed by atoms with Gasteiger partial charge in [-0.2, -0.15) is 0 Å². The Morgan fingerprint density at radius 3 is 1.50 bits per heavy atom. The van der Waals surface area contributed by atoms with Crippen LogP contribution in [0.4, 0.5) is 0 Å². The van der Waals surface area contributed by atoms with Crippen LogP contribution < -0.4 is 0 Å². The molecule has 0 saturated carbocycles. The Bertz CT molecular complexity index is 318. The first-order chi connectivity index (χ1) is 9.18. The van der Waals surface area contributed by atoms with Crippen molar-refractivity contribution in [3.63, 3.8) is 0 Å². The zero-order chi connectivity index (χ0) is 16.9. The van der Waals surface area contributed by atoms with E-state index in [9.17, 15) is 0 Å². The van der Waals surface area contributed by atoms with Gasteiger partial charge in [0.05, 0.1) is 6.23 Å². The molecule has 0 aromatic heterocycles. The topological polar surface area (TPSA) is 36.9 Å². The van der Waals surface area contributed by atoms with Crippen LogP contribution in [0.2, 0.25) is 58.9 Å². The maximum Gasteiger partial charge on any atom is 0.342 e. The van der Waals surface area contributed by atoms with Gasteiger partial charge < -0.3 is 17.1 Å². The molecule has 0 aliphatic rings. The molecule has 0 aliphatic heterocycles. The minimum absolute atomic E-state index is 0. The summed E-state index contributed by atoms with van der Waals surface area (Å²) in [6.45, 7) is 22.5. The molecule has 9 heteroatoms. The maximum atomic E-state index is 6.50. The molecule has 0 saturated heterocycles. The van der Waals surface area contributed by atoms with E-state index in [0.717, 1.165) is 13.0 Å². The molecule has 22 heavy (non-hydrogen) atoms. The molecule has 0 aromatic carbocycles. The van der Waals surface area contributed by atoms with E-state index >= 15 is 0 Å². The second-order valence-corrected chi connectivity index (χ2v) is 24.4. The van der Waals surface area contributed by atoms with Crippen LogP contribution in [0.3, 0.4) is 0 Å². The summed E-state index contributed by atoms with van der Waals surface area (Å²) in [5.41, 5.74) is 0. The minimum atomic E-state index is -2.36. The summed E-state index contributed by atoms with van der Waals surface area (Å²) in [5, 5.41) is 0. The first kappa shape index (κ1) is 25.5. The predicted octanol–water partition coefficient (Wildman–Crippen LogP) is 4.44. The van der Waals surface area contributed by atoms with E-state index in [-0.39, 0.29) is 18.6 Å². The monoisotopic (exact) mass is 419 g/mol. The molecule has 1 radical (unpaired) electrons. The number of hydrogen-bond donors (Lipinski definition) is 0. The van der Waals surface area contributed by atoms with Crippen LogP contribution in [0.5, 0.6) is 0 Å².